The van der Waals surface area contributed by atoms with Gasteiger partial charge in [-0.25, -0.2) is 9.97 Å². The Hall–Kier alpha value is -2.64. The van der Waals surface area contributed by atoms with E-state index >= 15 is 0 Å². The lowest BCUT2D eigenvalue weighted by Gasteiger charge is -2.53. The lowest BCUT2D eigenvalue weighted by molar-refractivity contribution is -0.134. The number of hydrogen-bond donors (Lipinski definition) is 2. The van der Waals surface area contributed by atoms with E-state index in [9.17, 15) is 0 Å². The summed E-state index contributed by atoms with van der Waals surface area (Å²) in [5.41, 5.74) is 2.99. The van der Waals surface area contributed by atoms with E-state index in [-0.39, 0.29) is 17.7 Å². The van der Waals surface area contributed by atoms with E-state index in [2.05, 4.69) is 50.3 Å². The average Bonchev–Trinajstić information content (AvgIpc) is 3.07. The third-order valence-electron chi connectivity index (χ3n) is 5.94. The van der Waals surface area contributed by atoms with Gasteiger partial charge in [-0.1, -0.05) is 18.2 Å². The minimum absolute atomic E-state index is 0.0691. The van der Waals surface area contributed by atoms with Gasteiger partial charge in [-0.3, -0.25) is 4.90 Å². The molecule has 0 radical (unpaired) electrons. The van der Waals surface area contributed by atoms with Gasteiger partial charge in [-0.2, -0.15) is 0 Å². The smallest absolute Gasteiger partial charge is 0.143 e. The largest absolute Gasteiger partial charge is 0.491 e. The first-order valence-corrected chi connectivity index (χ1v) is 9.64. The van der Waals surface area contributed by atoms with Crippen molar-refractivity contribution in [3.8, 4) is 5.75 Å². The fourth-order valence-electron chi connectivity index (χ4n) is 4.35. The van der Waals surface area contributed by atoms with Gasteiger partial charge in [0.15, 0.2) is 0 Å². The van der Waals surface area contributed by atoms with Crippen molar-refractivity contribution in [1.29, 1.82) is 0 Å². The van der Waals surface area contributed by atoms with Crippen LogP contribution in [0.25, 0.3) is 11.0 Å². The minimum Gasteiger partial charge on any atom is -0.491 e. The molecule has 7 heteroatoms. The molecule has 2 N–H and O–H groups in total. The van der Waals surface area contributed by atoms with Gasteiger partial charge in [0, 0.05) is 31.5 Å². The van der Waals surface area contributed by atoms with Crippen molar-refractivity contribution in [3.05, 3.63) is 47.9 Å². The molecule has 7 nitrogen and oxygen atoms in total. The predicted octanol–water partition coefficient (Wildman–Crippen LogP) is 2.90. The zero-order chi connectivity index (χ0) is 19.3. The van der Waals surface area contributed by atoms with Gasteiger partial charge in [0.25, 0.3) is 0 Å². The summed E-state index contributed by atoms with van der Waals surface area (Å²) in [5, 5.41) is 4.71. The first-order valence-electron chi connectivity index (χ1n) is 9.64. The summed E-state index contributed by atoms with van der Waals surface area (Å²) in [6, 6.07) is 10.6. The van der Waals surface area contributed by atoms with Crippen molar-refractivity contribution in [2.24, 2.45) is 0 Å². The van der Waals surface area contributed by atoms with Crippen LogP contribution in [0.1, 0.15) is 24.2 Å². The summed E-state index contributed by atoms with van der Waals surface area (Å²) in [4.78, 5) is 14.6. The third kappa shape index (κ3) is 2.82. The Kier molecular flexibility index (Phi) is 4.03. The van der Waals surface area contributed by atoms with E-state index < -0.39 is 0 Å². The summed E-state index contributed by atoms with van der Waals surface area (Å²) >= 11 is 0. The molecule has 0 spiro atoms. The SMILES string of the molecule is COC1(C)CN(C2COc3ccccc3C2Nc2ncnc3[nH]c(C)cc23)C1. The Morgan fingerprint density at radius 1 is 1.29 bits per heavy atom. The molecule has 5 rings (SSSR count). The van der Waals surface area contributed by atoms with Crippen molar-refractivity contribution in [2.75, 3.05) is 32.1 Å². The van der Waals surface area contributed by atoms with E-state index in [1.807, 2.05) is 19.1 Å². The van der Waals surface area contributed by atoms with Crippen molar-refractivity contribution in [1.82, 2.24) is 19.9 Å². The number of para-hydroxylation sites is 1. The number of aryl methyl sites for hydroxylation is 1. The highest BCUT2D eigenvalue weighted by Crippen LogP contribution is 2.40. The fraction of sp³-hybridized carbons (Fsp3) is 0.429. The Morgan fingerprint density at radius 2 is 2.11 bits per heavy atom. The van der Waals surface area contributed by atoms with Crippen LogP contribution in [0.15, 0.2) is 36.7 Å². The van der Waals surface area contributed by atoms with Gasteiger partial charge < -0.3 is 19.8 Å². The molecular weight excluding hydrogens is 354 g/mol. The molecule has 2 unspecified atom stereocenters. The molecule has 2 aliphatic heterocycles. The first-order chi connectivity index (χ1) is 13.6. The quantitative estimate of drug-likeness (QED) is 0.726. The van der Waals surface area contributed by atoms with Gasteiger partial charge in [0.05, 0.1) is 23.1 Å². The number of benzene rings is 1. The van der Waals surface area contributed by atoms with Crippen LogP contribution in [0.3, 0.4) is 0 Å². The number of likely N-dealkylation sites (tertiary alicyclic amines) is 1. The molecule has 2 atom stereocenters. The molecular formula is C21H25N5O2. The summed E-state index contributed by atoms with van der Waals surface area (Å²) in [5.74, 6) is 1.78. The fourth-order valence-corrected chi connectivity index (χ4v) is 4.35. The lowest BCUT2D eigenvalue weighted by Crippen LogP contribution is -2.66. The number of ether oxygens (including phenoxy) is 2. The highest BCUT2D eigenvalue weighted by Gasteiger charge is 2.46. The highest BCUT2D eigenvalue weighted by molar-refractivity contribution is 5.87. The second-order valence-corrected chi connectivity index (χ2v) is 8.03. The molecule has 3 aromatic rings. The topological polar surface area (TPSA) is 75.3 Å². The number of aromatic amines is 1. The molecule has 0 aliphatic carbocycles. The highest BCUT2D eigenvalue weighted by atomic mass is 16.5. The van der Waals surface area contributed by atoms with Crippen molar-refractivity contribution in [2.45, 2.75) is 31.5 Å². The zero-order valence-electron chi connectivity index (χ0n) is 16.4. The van der Waals surface area contributed by atoms with Gasteiger partial charge in [-0.15, -0.1) is 0 Å². The summed E-state index contributed by atoms with van der Waals surface area (Å²) in [6.07, 6.45) is 1.60. The number of nitrogens with zero attached hydrogens (tertiary/aromatic N) is 3. The summed E-state index contributed by atoms with van der Waals surface area (Å²) < 4.78 is 11.7. The molecule has 0 bridgehead atoms. The standard InChI is InChI=1S/C21H25N5O2/c1-13-8-15-19(24-13)22-12-23-20(15)25-18-14-6-4-5-7-17(14)28-9-16(18)26-10-21(2,11-26)27-3/h4-8,12,16,18H,9-11H2,1-3H3,(H2,22,23,24,25). The Labute approximate surface area is 164 Å². The van der Waals surface area contributed by atoms with Crippen LogP contribution >= 0.6 is 0 Å². The summed E-state index contributed by atoms with van der Waals surface area (Å²) in [6.45, 7) is 6.60. The third-order valence-corrected chi connectivity index (χ3v) is 5.94. The number of hydrogen-bond acceptors (Lipinski definition) is 6. The van der Waals surface area contributed by atoms with E-state index in [0.717, 1.165) is 46.9 Å². The molecule has 1 saturated heterocycles. The van der Waals surface area contributed by atoms with Crippen molar-refractivity contribution < 1.29 is 9.47 Å². The predicted molar refractivity (Wildman–Crippen MR) is 108 cm³/mol. The maximum Gasteiger partial charge on any atom is 0.143 e. The molecule has 2 aliphatic rings. The number of methoxy groups -OCH3 is 1. The van der Waals surface area contributed by atoms with E-state index in [4.69, 9.17) is 9.47 Å². The summed E-state index contributed by atoms with van der Waals surface area (Å²) in [7, 11) is 1.78. The van der Waals surface area contributed by atoms with Crippen LogP contribution in [0.4, 0.5) is 5.82 Å². The molecule has 4 heterocycles. The van der Waals surface area contributed by atoms with Gasteiger partial charge in [0.2, 0.25) is 0 Å². The van der Waals surface area contributed by atoms with Gasteiger partial charge in [-0.05, 0) is 26.0 Å². The maximum atomic E-state index is 6.09. The number of nitrogens with one attached hydrogen (secondary N) is 2. The van der Waals surface area contributed by atoms with Crippen LogP contribution in [-0.2, 0) is 4.74 Å². The number of fused-ring (bicyclic) bond motifs is 2. The van der Waals surface area contributed by atoms with Gasteiger partial charge in [0.1, 0.15) is 30.1 Å². The minimum atomic E-state index is -0.0819. The van der Waals surface area contributed by atoms with Crippen LogP contribution < -0.4 is 10.1 Å². The Bertz CT molecular complexity index is 1010. The van der Waals surface area contributed by atoms with Crippen LogP contribution in [0, 0.1) is 6.92 Å². The lowest BCUT2D eigenvalue weighted by atomic mass is 9.88. The van der Waals surface area contributed by atoms with Crippen LogP contribution in [0.5, 0.6) is 5.75 Å². The maximum absolute atomic E-state index is 6.09. The molecule has 1 aromatic carbocycles. The molecule has 1 fully saturated rings. The normalized spacial score (nSPS) is 23.7. The molecule has 0 saturated carbocycles. The van der Waals surface area contributed by atoms with E-state index in [1.54, 1.807) is 13.4 Å². The Balaban J connectivity index is 1.51. The molecule has 2 aromatic heterocycles. The molecule has 0 amide bonds. The average molecular weight is 379 g/mol. The Morgan fingerprint density at radius 3 is 2.93 bits per heavy atom. The van der Waals surface area contributed by atoms with Crippen molar-refractivity contribution in [3.63, 3.8) is 0 Å². The molecule has 28 heavy (non-hydrogen) atoms. The second kappa shape index (κ2) is 6.46. The second-order valence-electron chi connectivity index (χ2n) is 8.03. The van der Waals surface area contributed by atoms with Gasteiger partial charge >= 0.3 is 0 Å². The molecule has 146 valence electrons. The van der Waals surface area contributed by atoms with Crippen LogP contribution in [0.2, 0.25) is 0 Å². The number of H-pyrrole nitrogens is 1. The number of anilines is 1. The number of aromatic nitrogens is 3. The van der Waals surface area contributed by atoms with Crippen LogP contribution in [-0.4, -0.2) is 58.3 Å². The zero-order valence-corrected chi connectivity index (χ0v) is 16.4. The van der Waals surface area contributed by atoms with E-state index in [1.165, 1.54) is 0 Å². The monoisotopic (exact) mass is 379 g/mol. The number of rotatable bonds is 4. The van der Waals surface area contributed by atoms with E-state index in [0.29, 0.717) is 6.61 Å². The first kappa shape index (κ1) is 17.5. The van der Waals surface area contributed by atoms with Crippen molar-refractivity contribution >= 4 is 16.9 Å².